The molecule has 0 saturated carbocycles. The van der Waals surface area contributed by atoms with Crippen LogP contribution in [0.5, 0.6) is 0 Å². The van der Waals surface area contributed by atoms with Crippen LogP contribution in [0.2, 0.25) is 0 Å². The zero-order valence-electron chi connectivity index (χ0n) is 21.1. The molecule has 0 aliphatic rings. The van der Waals surface area contributed by atoms with Crippen LogP contribution >= 0.6 is 0 Å². The molecule has 0 fully saturated rings. The number of aromatic amines is 1. The number of hydrogen-bond donors (Lipinski definition) is 3. The lowest BCUT2D eigenvalue weighted by molar-refractivity contribution is 0.252. The molecule has 3 N–H and O–H groups in total. The lowest BCUT2D eigenvalue weighted by atomic mass is 9.98. The van der Waals surface area contributed by atoms with Crippen molar-refractivity contribution in [2.24, 2.45) is 0 Å². The normalized spacial score (nSPS) is 10.5. The van der Waals surface area contributed by atoms with Gasteiger partial charge in [0.2, 0.25) is 0 Å². The second kappa shape index (κ2) is 11.4. The van der Waals surface area contributed by atoms with Crippen molar-refractivity contribution in [3.05, 3.63) is 124 Å². The number of nitrogens with one attached hydrogen (secondary N) is 3. The summed E-state index contributed by atoms with van der Waals surface area (Å²) in [6.45, 7) is 2.19. The van der Waals surface area contributed by atoms with Crippen molar-refractivity contribution in [2.45, 2.75) is 13.3 Å². The van der Waals surface area contributed by atoms with Crippen LogP contribution in [0.25, 0.3) is 22.0 Å². The maximum Gasteiger partial charge on any atom is 0.319 e. The average Bonchev–Trinajstić information content (AvgIpc) is 2.93. The zero-order chi connectivity index (χ0) is 27.2. The van der Waals surface area contributed by atoms with Gasteiger partial charge in [0, 0.05) is 35.8 Å². The molecule has 5 aromatic rings. The molecule has 0 saturated heterocycles. The molecule has 0 radical (unpaired) electrons. The van der Waals surface area contributed by atoms with Gasteiger partial charge in [-0.05, 0) is 84.6 Å². The molecule has 7 nitrogen and oxygen atoms in total. The van der Waals surface area contributed by atoms with Gasteiger partial charge in [-0.3, -0.25) is 9.78 Å². The maximum absolute atomic E-state index is 13.4. The minimum atomic E-state index is -0.339. The molecule has 5 rings (SSSR count). The van der Waals surface area contributed by atoms with Crippen molar-refractivity contribution in [3.63, 3.8) is 0 Å². The SMILES string of the molecule is Cc1nc2cc(-c3ccc(NC(=O)NCCc4cccnc4)cc3C#Cc3ccc(F)cc3)ccc2c(=O)[nH]1. The van der Waals surface area contributed by atoms with Crippen LogP contribution in [-0.2, 0) is 6.42 Å². The van der Waals surface area contributed by atoms with Gasteiger partial charge in [0.25, 0.3) is 5.56 Å². The van der Waals surface area contributed by atoms with Gasteiger partial charge in [-0.15, -0.1) is 0 Å². The van der Waals surface area contributed by atoms with E-state index in [0.29, 0.717) is 46.5 Å². The summed E-state index contributed by atoms with van der Waals surface area (Å²) in [5.74, 6) is 6.41. The summed E-state index contributed by atoms with van der Waals surface area (Å²) in [7, 11) is 0. The number of pyridine rings is 1. The Morgan fingerprint density at radius 1 is 1.03 bits per heavy atom. The molecule has 192 valence electrons. The van der Waals surface area contributed by atoms with Crippen molar-refractivity contribution in [1.82, 2.24) is 20.3 Å². The number of amides is 2. The Kier molecular flexibility index (Phi) is 7.41. The molecular weight excluding hydrogens is 493 g/mol. The lowest BCUT2D eigenvalue weighted by Crippen LogP contribution is -2.30. The van der Waals surface area contributed by atoms with Crippen molar-refractivity contribution in [1.29, 1.82) is 0 Å². The fourth-order valence-electron chi connectivity index (χ4n) is 4.12. The number of carbonyl (C=O) groups excluding carboxylic acids is 1. The third-order valence-corrected chi connectivity index (χ3v) is 6.02. The number of anilines is 1. The third kappa shape index (κ3) is 6.35. The quantitative estimate of drug-likeness (QED) is 0.279. The molecule has 8 heteroatoms. The van der Waals surface area contributed by atoms with Crippen LogP contribution in [-0.4, -0.2) is 27.5 Å². The second-order valence-corrected chi connectivity index (χ2v) is 8.89. The summed E-state index contributed by atoms with van der Waals surface area (Å²) in [5.41, 5.74) is 4.87. The van der Waals surface area contributed by atoms with E-state index in [1.807, 2.05) is 30.3 Å². The van der Waals surface area contributed by atoms with Crippen molar-refractivity contribution < 1.29 is 9.18 Å². The Morgan fingerprint density at radius 3 is 2.67 bits per heavy atom. The molecule has 0 atom stereocenters. The Bertz CT molecular complexity index is 1770. The largest absolute Gasteiger partial charge is 0.338 e. The topological polar surface area (TPSA) is 99.8 Å². The smallest absolute Gasteiger partial charge is 0.319 e. The third-order valence-electron chi connectivity index (χ3n) is 6.02. The summed E-state index contributed by atoms with van der Waals surface area (Å²) in [5, 5.41) is 6.20. The van der Waals surface area contributed by atoms with Gasteiger partial charge in [-0.1, -0.05) is 30.0 Å². The summed E-state index contributed by atoms with van der Waals surface area (Å²) in [4.78, 5) is 36.1. The molecule has 2 amide bonds. The van der Waals surface area contributed by atoms with Crippen LogP contribution in [0.1, 0.15) is 22.5 Å². The highest BCUT2D eigenvalue weighted by Crippen LogP contribution is 2.28. The molecule has 0 spiro atoms. The number of rotatable bonds is 5. The highest BCUT2D eigenvalue weighted by Gasteiger charge is 2.10. The van der Waals surface area contributed by atoms with E-state index in [-0.39, 0.29) is 17.4 Å². The molecule has 0 aliphatic heterocycles. The van der Waals surface area contributed by atoms with E-state index < -0.39 is 0 Å². The monoisotopic (exact) mass is 517 g/mol. The van der Waals surface area contributed by atoms with Gasteiger partial charge in [0.1, 0.15) is 11.6 Å². The Balaban J connectivity index is 1.43. The average molecular weight is 518 g/mol. The van der Waals surface area contributed by atoms with E-state index in [1.54, 1.807) is 49.6 Å². The highest BCUT2D eigenvalue weighted by atomic mass is 19.1. The highest BCUT2D eigenvalue weighted by molar-refractivity contribution is 5.91. The van der Waals surface area contributed by atoms with E-state index in [1.165, 1.54) is 12.1 Å². The second-order valence-electron chi connectivity index (χ2n) is 8.89. The van der Waals surface area contributed by atoms with Crippen molar-refractivity contribution in [2.75, 3.05) is 11.9 Å². The van der Waals surface area contributed by atoms with E-state index in [2.05, 4.69) is 37.4 Å². The summed E-state index contributed by atoms with van der Waals surface area (Å²) >= 11 is 0. The Morgan fingerprint density at radius 2 is 1.87 bits per heavy atom. The molecular formula is C31H24FN5O2. The number of benzene rings is 3. The molecule has 0 aliphatic carbocycles. The summed E-state index contributed by atoms with van der Waals surface area (Å²) in [6, 6.07) is 20.2. The number of aromatic nitrogens is 3. The molecule has 2 aromatic heterocycles. The predicted octanol–water partition coefficient (Wildman–Crippen LogP) is 5.20. The summed E-state index contributed by atoms with van der Waals surface area (Å²) < 4.78 is 13.4. The number of aryl methyl sites for hydroxylation is 1. The van der Waals surface area contributed by atoms with Crippen LogP contribution in [0.15, 0.2) is 90.0 Å². The van der Waals surface area contributed by atoms with E-state index in [9.17, 15) is 14.0 Å². The number of hydrogen-bond acceptors (Lipinski definition) is 4. The van der Waals surface area contributed by atoms with Gasteiger partial charge < -0.3 is 15.6 Å². The number of urea groups is 1. The van der Waals surface area contributed by atoms with Crippen LogP contribution in [0.4, 0.5) is 14.9 Å². The molecule has 3 aromatic carbocycles. The Labute approximate surface area is 224 Å². The van der Waals surface area contributed by atoms with E-state index >= 15 is 0 Å². The molecule has 0 unspecified atom stereocenters. The minimum absolute atomic E-state index is 0.200. The lowest BCUT2D eigenvalue weighted by Gasteiger charge is -2.11. The number of halogens is 1. The number of H-pyrrole nitrogens is 1. The first kappa shape index (κ1) is 25.4. The number of fused-ring (bicyclic) bond motifs is 1. The predicted molar refractivity (Wildman–Crippen MR) is 150 cm³/mol. The van der Waals surface area contributed by atoms with Crippen LogP contribution in [0, 0.1) is 24.6 Å². The van der Waals surface area contributed by atoms with Crippen molar-refractivity contribution >= 4 is 22.6 Å². The minimum Gasteiger partial charge on any atom is -0.338 e. The van der Waals surface area contributed by atoms with Crippen LogP contribution in [0.3, 0.4) is 0 Å². The first-order valence-electron chi connectivity index (χ1n) is 12.3. The number of nitrogens with zero attached hydrogens (tertiary/aromatic N) is 2. The molecule has 2 heterocycles. The summed E-state index contributed by atoms with van der Waals surface area (Å²) in [6.07, 6.45) is 4.13. The first-order valence-corrected chi connectivity index (χ1v) is 12.3. The standard InChI is InChI=1S/C31H24FN5O2/c1-20-35-29-18-24(8-12-28(29)30(38)36-20)27-13-11-26(17-23(27)7-4-21-5-9-25(32)10-6-21)37-31(39)34-16-14-22-3-2-15-33-19-22/h2-3,5-6,8-13,15,17-19H,14,16H2,1H3,(H2,34,37,39)(H,35,36,38). The van der Waals surface area contributed by atoms with Gasteiger partial charge in [-0.2, -0.15) is 0 Å². The fraction of sp³-hybridized carbons (Fsp3) is 0.0968. The van der Waals surface area contributed by atoms with E-state index in [0.717, 1.165) is 16.7 Å². The first-order chi connectivity index (χ1) is 18.9. The molecule has 0 bridgehead atoms. The van der Waals surface area contributed by atoms with Gasteiger partial charge in [-0.25, -0.2) is 14.2 Å². The fourth-order valence-corrected chi connectivity index (χ4v) is 4.12. The van der Waals surface area contributed by atoms with Crippen LogP contribution < -0.4 is 16.2 Å². The van der Waals surface area contributed by atoms with Crippen molar-refractivity contribution in [3.8, 4) is 23.0 Å². The maximum atomic E-state index is 13.4. The van der Waals surface area contributed by atoms with Gasteiger partial charge in [0.15, 0.2) is 0 Å². The molecule has 39 heavy (non-hydrogen) atoms. The van der Waals surface area contributed by atoms with Gasteiger partial charge >= 0.3 is 6.03 Å². The Hall–Kier alpha value is -5.29. The number of carbonyl (C=O) groups is 1. The van der Waals surface area contributed by atoms with Gasteiger partial charge in [0.05, 0.1) is 10.9 Å². The van der Waals surface area contributed by atoms with E-state index in [4.69, 9.17) is 0 Å². The zero-order valence-corrected chi connectivity index (χ0v) is 21.1.